The van der Waals surface area contributed by atoms with Crippen LogP contribution in [0.1, 0.15) is 25.7 Å². The molecule has 0 aliphatic heterocycles. The molecular formula is C12H14BrFO2. The van der Waals surface area contributed by atoms with Gasteiger partial charge in [0.1, 0.15) is 18.2 Å². The largest absolute Gasteiger partial charge is 0.491 e. The fourth-order valence-electron chi connectivity index (χ4n) is 1.96. The number of hydrogen-bond acceptors (Lipinski definition) is 2. The second-order valence-corrected chi connectivity index (χ2v) is 5.15. The van der Waals surface area contributed by atoms with E-state index in [4.69, 9.17) is 4.74 Å². The summed E-state index contributed by atoms with van der Waals surface area (Å²) in [6.07, 6.45) is 3.67. The fraction of sp³-hybridized carbons (Fsp3) is 0.500. The zero-order chi connectivity index (χ0) is 11.6. The highest BCUT2D eigenvalue weighted by atomic mass is 79.9. The molecule has 0 saturated heterocycles. The van der Waals surface area contributed by atoms with Crippen molar-refractivity contribution in [3.8, 4) is 5.75 Å². The standard InChI is InChI=1S/C12H14BrFO2/c13-10-7-9(3-4-11(10)14)16-8-12(15)5-1-2-6-12/h3-4,7,15H,1-2,5-6,8H2. The van der Waals surface area contributed by atoms with E-state index < -0.39 is 5.60 Å². The van der Waals surface area contributed by atoms with Crippen LogP contribution in [-0.4, -0.2) is 17.3 Å². The van der Waals surface area contributed by atoms with E-state index in [-0.39, 0.29) is 12.4 Å². The minimum atomic E-state index is -0.694. The van der Waals surface area contributed by atoms with Crippen LogP contribution in [0.15, 0.2) is 22.7 Å². The third-order valence-electron chi connectivity index (χ3n) is 2.93. The van der Waals surface area contributed by atoms with Gasteiger partial charge in [0.05, 0.1) is 10.1 Å². The fourth-order valence-corrected chi connectivity index (χ4v) is 2.32. The zero-order valence-electron chi connectivity index (χ0n) is 8.88. The third kappa shape index (κ3) is 2.74. The molecule has 0 spiro atoms. The van der Waals surface area contributed by atoms with Gasteiger partial charge in [-0.1, -0.05) is 12.8 Å². The smallest absolute Gasteiger partial charge is 0.137 e. The van der Waals surface area contributed by atoms with Gasteiger partial charge >= 0.3 is 0 Å². The van der Waals surface area contributed by atoms with Crippen LogP contribution in [0.5, 0.6) is 5.75 Å². The molecule has 0 aromatic heterocycles. The van der Waals surface area contributed by atoms with Crippen molar-refractivity contribution in [2.24, 2.45) is 0 Å². The van der Waals surface area contributed by atoms with Gasteiger partial charge in [0, 0.05) is 0 Å². The van der Waals surface area contributed by atoms with Crippen molar-refractivity contribution in [3.05, 3.63) is 28.5 Å². The molecule has 4 heteroatoms. The molecule has 88 valence electrons. The van der Waals surface area contributed by atoms with Gasteiger partial charge < -0.3 is 9.84 Å². The Labute approximate surface area is 103 Å². The molecule has 16 heavy (non-hydrogen) atoms. The predicted octanol–water partition coefficient (Wildman–Crippen LogP) is 3.27. The van der Waals surface area contributed by atoms with Gasteiger partial charge in [0.2, 0.25) is 0 Å². The molecule has 2 rings (SSSR count). The quantitative estimate of drug-likeness (QED) is 0.925. The van der Waals surface area contributed by atoms with Gasteiger partial charge in [-0.2, -0.15) is 0 Å². The minimum Gasteiger partial charge on any atom is -0.491 e. The van der Waals surface area contributed by atoms with E-state index in [1.54, 1.807) is 12.1 Å². The van der Waals surface area contributed by atoms with Crippen LogP contribution in [-0.2, 0) is 0 Å². The molecule has 1 aliphatic carbocycles. The maximum atomic E-state index is 13.0. The maximum absolute atomic E-state index is 13.0. The SMILES string of the molecule is OC1(COc2ccc(F)c(Br)c2)CCCC1. The number of ether oxygens (including phenoxy) is 1. The summed E-state index contributed by atoms with van der Waals surface area (Å²) in [4.78, 5) is 0. The molecule has 1 aromatic carbocycles. The van der Waals surface area contributed by atoms with E-state index in [1.807, 2.05) is 0 Å². The summed E-state index contributed by atoms with van der Waals surface area (Å²) >= 11 is 3.10. The molecule has 0 atom stereocenters. The molecule has 1 fully saturated rings. The number of halogens is 2. The van der Waals surface area contributed by atoms with Gasteiger partial charge in [-0.15, -0.1) is 0 Å². The average Bonchev–Trinajstić information content (AvgIpc) is 2.68. The summed E-state index contributed by atoms with van der Waals surface area (Å²) in [6.45, 7) is 0.283. The van der Waals surface area contributed by atoms with Crippen molar-refractivity contribution in [1.29, 1.82) is 0 Å². The van der Waals surface area contributed by atoms with E-state index in [2.05, 4.69) is 15.9 Å². The van der Waals surface area contributed by atoms with Crippen molar-refractivity contribution >= 4 is 15.9 Å². The van der Waals surface area contributed by atoms with E-state index in [0.717, 1.165) is 25.7 Å². The van der Waals surface area contributed by atoms with Gasteiger partial charge in [-0.05, 0) is 47.0 Å². The first-order chi connectivity index (χ1) is 7.59. The van der Waals surface area contributed by atoms with Crippen LogP contribution < -0.4 is 4.74 Å². The summed E-state index contributed by atoms with van der Waals surface area (Å²) in [6, 6.07) is 4.49. The highest BCUT2D eigenvalue weighted by molar-refractivity contribution is 9.10. The molecule has 1 N–H and O–H groups in total. The Morgan fingerprint density at radius 3 is 2.69 bits per heavy atom. The average molecular weight is 289 g/mol. The normalized spacial score (nSPS) is 18.7. The molecule has 0 radical (unpaired) electrons. The molecule has 0 amide bonds. The lowest BCUT2D eigenvalue weighted by molar-refractivity contribution is 0.00137. The molecule has 1 saturated carbocycles. The lowest BCUT2D eigenvalue weighted by Gasteiger charge is -2.22. The highest BCUT2D eigenvalue weighted by Gasteiger charge is 2.31. The Morgan fingerprint density at radius 1 is 1.38 bits per heavy atom. The number of aliphatic hydroxyl groups is 1. The second kappa shape index (κ2) is 4.72. The number of benzene rings is 1. The number of rotatable bonds is 3. The lowest BCUT2D eigenvalue weighted by Crippen LogP contribution is -2.32. The summed E-state index contributed by atoms with van der Waals surface area (Å²) in [5.74, 6) is 0.264. The van der Waals surface area contributed by atoms with Gasteiger partial charge in [0.15, 0.2) is 0 Å². The van der Waals surface area contributed by atoms with Crippen LogP contribution >= 0.6 is 15.9 Å². The monoisotopic (exact) mass is 288 g/mol. The van der Waals surface area contributed by atoms with Crippen LogP contribution in [0.2, 0.25) is 0 Å². The van der Waals surface area contributed by atoms with Gasteiger partial charge in [-0.3, -0.25) is 0 Å². The first-order valence-corrected chi connectivity index (χ1v) is 6.19. The maximum Gasteiger partial charge on any atom is 0.137 e. The van der Waals surface area contributed by atoms with Crippen LogP contribution in [0.4, 0.5) is 4.39 Å². The summed E-state index contributed by atoms with van der Waals surface area (Å²) in [5.41, 5.74) is -0.694. The van der Waals surface area contributed by atoms with E-state index in [9.17, 15) is 9.50 Å². The molecule has 0 bridgehead atoms. The van der Waals surface area contributed by atoms with Crippen molar-refractivity contribution in [1.82, 2.24) is 0 Å². The first-order valence-electron chi connectivity index (χ1n) is 5.39. The topological polar surface area (TPSA) is 29.5 Å². The minimum absolute atomic E-state index is 0.283. The summed E-state index contributed by atoms with van der Waals surface area (Å²) in [5, 5.41) is 10.1. The molecule has 1 aliphatic rings. The predicted molar refractivity (Wildman–Crippen MR) is 63.0 cm³/mol. The van der Waals surface area contributed by atoms with Crippen molar-refractivity contribution in [2.45, 2.75) is 31.3 Å². The van der Waals surface area contributed by atoms with Gasteiger partial charge in [-0.25, -0.2) is 4.39 Å². The highest BCUT2D eigenvalue weighted by Crippen LogP contribution is 2.30. The van der Waals surface area contributed by atoms with Gasteiger partial charge in [0.25, 0.3) is 0 Å². The molecule has 2 nitrogen and oxygen atoms in total. The summed E-state index contributed by atoms with van der Waals surface area (Å²) in [7, 11) is 0. The number of hydrogen-bond donors (Lipinski definition) is 1. The van der Waals surface area contributed by atoms with Crippen molar-refractivity contribution in [3.63, 3.8) is 0 Å². The Kier molecular flexibility index (Phi) is 3.50. The van der Waals surface area contributed by atoms with Crippen molar-refractivity contribution in [2.75, 3.05) is 6.61 Å². The Balaban J connectivity index is 1.96. The Hall–Kier alpha value is -0.610. The Morgan fingerprint density at radius 2 is 2.06 bits per heavy atom. The van der Waals surface area contributed by atoms with E-state index >= 15 is 0 Å². The summed E-state index contributed by atoms with van der Waals surface area (Å²) < 4.78 is 18.8. The molecule has 0 unspecified atom stereocenters. The first kappa shape index (κ1) is 11.9. The van der Waals surface area contributed by atoms with Crippen LogP contribution in [0, 0.1) is 5.82 Å². The third-order valence-corrected chi connectivity index (χ3v) is 3.54. The molecular weight excluding hydrogens is 275 g/mol. The van der Waals surface area contributed by atoms with Crippen LogP contribution in [0.25, 0.3) is 0 Å². The zero-order valence-corrected chi connectivity index (χ0v) is 10.5. The molecule has 1 aromatic rings. The lowest BCUT2D eigenvalue weighted by atomic mass is 10.0. The van der Waals surface area contributed by atoms with E-state index in [0.29, 0.717) is 10.2 Å². The van der Waals surface area contributed by atoms with E-state index in [1.165, 1.54) is 6.07 Å². The van der Waals surface area contributed by atoms with Crippen LogP contribution in [0.3, 0.4) is 0 Å². The second-order valence-electron chi connectivity index (χ2n) is 4.30. The Bertz CT molecular complexity index is 375. The van der Waals surface area contributed by atoms with Crippen molar-refractivity contribution < 1.29 is 14.2 Å². The molecule has 0 heterocycles.